The van der Waals surface area contributed by atoms with Gasteiger partial charge in [-0.3, -0.25) is 19.7 Å². The van der Waals surface area contributed by atoms with E-state index in [2.05, 4.69) is 16.7 Å². The van der Waals surface area contributed by atoms with Gasteiger partial charge in [0.25, 0.3) is 5.91 Å². The van der Waals surface area contributed by atoms with Gasteiger partial charge in [-0.25, -0.2) is 0 Å². The largest absolute Gasteiger partial charge is 0.322 e. The number of aryl methyl sites for hydroxylation is 1. The number of hydrogen-bond donors (Lipinski definition) is 2. The molecule has 3 amide bonds. The number of hydrogen-bond acceptors (Lipinski definition) is 4. The van der Waals surface area contributed by atoms with Gasteiger partial charge in [0.15, 0.2) is 0 Å². The van der Waals surface area contributed by atoms with Crippen LogP contribution < -0.4 is 10.6 Å². The number of rotatable bonds is 4. The van der Waals surface area contributed by atoms with Gasteiger partial charge >= 0.3 is 0 Å². The van der Waals surface area contributed by atoms with E-state index in [0.29, 0.717) is 24.8 Å². The van der Waals surface area contributed by atoms with Crippen LogP contribution in [0.2, 0.25) is 0 Å². The van der Waals surface area contributed by atoms with Crippen LogP contribution in [0.15, 0.2) is 18.2 Å². The number of nitrogens with one attached hydrogen (secondary N) is 2. The van der Waals surface area contributed by atoms with Crippen molar-refractivity contribution in [2.75, 3.05) is 13.1 Å². The normalized spacial score (nSPS) is 26.4. The van der Waals surface area contributed by atoms with Crippen LogP contribution in [0.25, 0.3) is 0 Å². The molecule has 1 unspecified atom stereocenters. The molecule has 1 spiro atoms. The van der Waals surface area contributed by atoms with E-state index < -0.39 is 6.04 Å². The SMILES string of the molecule is O=C1CCC(N2Cc3ccc(CCC4CC5(CCNCC5)C4)cc3C2=O)C(=O)N1. The number of nitrogens with zero attached hydrogens (tertiary/aromatic N) is 1. The molecule has 0 bridgehead atoms. The summed E-state index contributed by atoms with van der Waals surface area (Å²) in [7, 11) is 0. The highest BCUT2D eigenvalue weighted by Gasteiger charge is 2.44. The molecule has 5 rings (SSSR count). The van der Waals surface area contributed by atoms with Gasteiger partial charge in [-0.05, 0) is 86.6 Å². The van der Waals surface area contributed by atoms with Crippen LogP contribution in [-0.4, -0.2) is 41.8 Å². The maximum Gasteiger partial charge on any atom is 0.255 e. The second kappa shape index (κ2) is 7.24. The number of imide groups is 1. The molecule has 1 atom stereocenters. The molecule has 0 aromatic heterocycles. The molecule has 29 heavy (non-hydrogen) atoms. The van der Waals surface area contributed by atoms with Gasteiger partial charge in [0.05, 0.1) is 0 Å². The number of carbonyl (C=O) groups is 3. The van der Waals surface area contributed by atoms with Gasteiger partial charge in [-0.1, -0.05) is 12.1 Å². The monoisotopic (exact) mass is 395 g/mol. The summed E-state index contributed by atoms with van der Waals surface area (Å²) in [5.41, 5.74) is 3.55. The lowest BCUT2D eigenvalue weighted by Gasteiger charge is -2.50. The van der Waals surface area contributed by atoms with E-state index in [0.717, 1.165) is 23.5 Å². The van der Waals surface area contributed by atoms with Gasteiger partial charge in [0.1, 0.15) is 6.04 Å². The molecule has 2 saturated heterocycles. The Balaban J connectivity index is 1.19. The molecule has 3 aliphatic heterocycles. The van der Waals surface area contributed by atoms with Crippen LogP contribution >= 0.6 is 0 Å². The van der Waals surface area contributed by atoms with Gasteiger partial charge in [0.2, 0.25) is 11.8 Å². The average Bonchev–Trinajstić information content (AvgIpc) is 3.01. The highest BCUT2D eigenvalue weighted by atomic mass is 16.2. The summed E-state index contributed by atoms with van der Waals surface area (Å²) in [6, 6.07) is 5.68. The molecule has 1 aromatic rings. The van der Waals surface area contributed by atoms with Crippen molar-refractivity contribution in [3.8, 4) is 0 Å². The standard InChI is InChI=1S/C23H29N3O3/c27-20-6-5-19(21(28)25-20)26-14-17-4-3-15(11-18(17)22(26)29)1-2-16-12-23(13-16)7-9-24-10-8-23/h3-4,11,16,19,24H,1-2,5-10,12-14H2,(H,25,27,28). The first-order valence-electron chi connectivity index (χ1n) is 11.0. The molecule has 1 aliphatic carbocycles. The number of amides is 3. The van der Waals surface area contributed by atoms with Gasteiger partial charge < -0.3 is 10.2 Å². The first kappa shape index (κ1) is 18.8. The Morgan fingerprint density at radius 3 is 2.66 bits per heavy atom. The molecule has 4 aliphatic rings. The Morgan fingerprint density at radius 1 is 1.10 bits per heavy atom. The lowest BCUT2D eigenvalue weighted by atomic mass is 9.57. The second-order valence-corrected chi connectivity index (χ2v) is 9.45. The zero-order valence-corrected chi connectivity index (χ0v) is 16.8. The first-order valence-corrected chi connectivity index (χ1v) is 11.0. The average molecular weight is 396 g/mol. The molecule has 0 radical (unpaired) electrons. The van der Waals surface area contributed by atoms with Crippen molar-refractivity contribution in [1.29, 1.82) is 0 Å². The fourth-order valence-electron chi connectivity index (χ4n) is 5.86. The van der Waals surface area contributed by atoms with Crippen molar-refractivity contribution in [2.24, 2.45) is 11.3 Å². The van der Waals surface area contributed by atoms with E-state index in [1.165, 1.54) is 50.8 Å². The van der Waals surface area contributed by atoms with E-state index >= 15 is 0 Å². The molecule has 3 heterocycles. The number of carbonyl (C=O) groups excluding carboxylic acids is 3. The third-order valence-electron chi connectivity index (χ3n) is 7.54. The zero-order chi connectivity index (χ0) is 20.0. The first-order chi connectivity index (χ1) is 14.0. The predicted octanol–water partition coefficient (Wildman–Crippen LogP) is 2.16. The number of benzene rings is 1. The summed E-state index contributed by atoms with van der Waals surface area (Å²) >= 11 is 0. The molecule has 1 aromatic carbocycles. The van der Waals surface area contributed by atoms with E-state index in [9.17, 15) is 14.4 Å². The predicted molar refractivity (Wildman–Crippen MR) is 108 cm³/mol. The molecule has 6 nitrogen and oxygen atoms in total. The smallest absolute Gasteiger partial charge is 0.255 e. The molecule has 6 heteroatoms. The van der Waals surface area contributed by atoms with Gasteiger partial charge in [-0.2, -0.15) is 0 Å². The minimum atomic E-state index is -0.535. The van der Waals surface area contributed by atoms with Crippen molar-refractivity contribution in [3.05, 3.63) is 34.9 Å². The Kier molecular flexibility index (Phi) is 4.69. The fraction of sp³-hybridized carbons (Fsp3) is 0.609. The zero-order valence-electron chi connectivity index (χ0n) is 16.8. The molecule has 3 fully saturated rings. The molecular formula is C23H29N3O3. The van der Waals surface area contributed by atoms with Gasteiger partial charge in [0, 0.05) is 18.5 Å². The molecule has 2 N–H and O–H groups in total. The Labute approximate surface area is 171 Å². The quantitative estimate of drug-likeness (QED) is 0.766. The Morgan fingerprint density at radius 2 is 1.90 bits per heavy atom. The Hall–Kier alpha value is -2.21. The minimum absolute atomic E-state index is 0.0753. The van der Waals surface area contributed by atoms with E-state index in [1.807, 2.05) is 12.1 Å². The van der Waals surface area contributed by atoms with Gasteiger partial charge in [-0.15, -0.1) is 0 Å². The van der Waals surface area contributed by atoms with Crippen molar-refractivity contribution >= 4 is 17.7 Å². The molecular weight excluding hydrogens is 366 g/mol. The summed E-state index contributed by atoms with van der Waals surface area (Å²) in [5, 5.41) is 5.82. The van der Waals surface area contributed by atoms with E-state index in [4.69, 9.17) is 0 Å². The van der Waals surface area contributed by atoms with Crippen LogP contribution in [0.5, 0.6) is 0 Å². The molecule has 1 saturated carbocycles. The summed E-state index contributed by atoms with van der Waals surface area (Å²) < 4.78 is 0. The lowest BCUT2D eigenvalue weighted by molar-refractivity contribution is -0.136. The van der Waals surface area contributed by atoms with Crippen LogP contribution in [-0.2, 0) is 22.6 Å². The van der Waals surface area contributed by atoms with Crippen LogP contribution in [0.3, 0.4) is 0 Å². The highest BCUT2D eigenvalue weighted by molar-refractivity contribution is 6.05. The highest BCUT2D eigenvalue weighted by Crippen LogP contribution is 2.53. The van der Waals surface area contributed by atoms with E-state index in [1.54, 1.807) is 4.90 Å². The van der Waals surface area contributed by atoms with Crippen molar-refractivity contribution in [2.45, 2.75) is 64.0 Å². The molecule has 154 valence electrons. The summed E-state index contributed by atoms with van der Waals surface area (Å²) in [5.74, 6) is 0.144. The fourth-order valence-corrected chi connectivity index (χ4v) is 5.86. The van der Waals surface area contributed by atoms with Crippen LogP contribution in [0, 0.1) is 11.3 Å². The van der Waals surface area contributed by atoms with Crippen molar-refractivity contribution < 1.29 is 14.4 Å². The maximum atomic E-state index is 12.9. The lowest BCUT2D eigenvalue weighted by Crippen LogP contribution is -2.52. The second-order valence-electron chi connectivity index (χ2n) is 9.45. The third kappa shape index (κ3) is 3.48. The number of fused-ring (bicyclic) bond motifs is 1. The van der Waals surface area contributed by atoms with Crippen LogP contribution in [0.4, 0.5) is 0 Å². The van der Waals surface area contributed by atoms with Crippen molar-refractivity contribution in [1.82, 2.24) is 15.5 Å². The summed E-state index contributed by atoms with van der Waals surface area (Å²) in [6.07, 6.45) is 8.29. The topological polar surface area (TPSA) is 78.5 Å². The summed E-state index contributed by atoms with van der Waals surface area (Å²) in [4.78, 5) is 38.1. The number of piperidine rings is 2. The van der Waals surface area contributed by atoms with E-state index in [-0.39, 0.29) is 17.7 Å². The third-order valence-corrected chi connectivity index (χ3v) is 7.54. The van der Waals surface area contributed by atoms with Crippen molar-refractivity contribution in [3.63, 3.8) is 0 Å². The van der Waals surface area contributed by atoms with Crippen LogP contribution in [0.1, 0.15) is 66.4 Å². The maximum absolute atomic E-state index is 12.9. The summed E-state index contributed by atoms with van der Waals surface area (Å²) in [6.45, 7) is 2.80. The minimum Gasteiger partial charge on any atom is -0.322 e. The Bertz CT molecular complexity index is 851.